The SMILES string of the molecule is CC(C)(C)OC(=O)N1C2CCC(C2)C1c1nc2nccc(-c3ccc(CNC(=O)c4nc(C(C)(C)C)no4)c(F)c3)c2[nH]1. The smallest absolute Gasteiger partial charge is 0.411 e. The van der Waals surface area contributed by atoms with Crippen LogP contribution in [0.5, 0.6) is 0 Å². The van der Waals surface area contributed by atoms with Crippen LogP contribution in [-0.4, -0.2) is 53.6 Å². The van der Waals surface area contributed by atoms with E-state index in [4.69, 9.17) is 14.2 Å². The van der Waals surface area contributed by atoms with Crippen molar-refractivity contribution < 1.29 is 23.2 Å². The van der Waals surface area contributed by atoms with Crippen molar-refractivity contribution in [1.29, 1.82) is 0 Å². The second-order valence-electron chi connectivity index (χ2n) is 13.4. The number of aromatic nitrogens is 5. The number of nitrogens with zero attached hydrogens (tertiary/aromatic N) is 5. The van der Waals surface area contributed by atoms with Crippen molar-refractivity contribution in [1.82, 2.24) is 35.3 Å². The summed E-state index contributed by atoms with van der Waals surface area (Å²) in [6.07, 6.45) is 4.17. The van der Waals surface area contributed by atoms with Crippen molar-refractivity contribution in [3.63, 3.8) is 0 Å². The van der Waals surface area contributed by atoms with Crippen molar-refractivity contribution in [2.45, 2.75) is 90.4 Å². The van der Waals surface area contributed by atoms with E-state index in [-0.39, 0.29) is 41.9 Å². The van der Waals surface area contributed by atoms with Crippen LogP contribution >= 0.6 is 0 Å². The Morgan fingerprint density at radius 1 is 1.14 bits per heavy atom. The number of nitrogens with one attached hydrogen (secondary N) is 2. The number of halogens is 1. The van der Waals surface area contributed by atoms with Crippen LogP contribution in [0.4, 0.5) is 9.18 Å². The molecule has 2 amide bonds. The molecular weight excluding hydrogens is 553 g/mol. The molecule has 0 spiro atoms. The van der Waals surface area contributed by atoms with Gasteiger partial charge < -0.3 is 19.6 Å². The second-order valence-corrected chi connectivity index (χ2v) is 13.4. The Bertz CT molecular complexity index is 1700. The molecule has 2 fully saturated rings. The zero-order chi connectivity index (χ0) is 30.7. The van der Waals surface area contributed by atoms with E-state index in [1.54, 1.807) is 24.4 Å². The number of aromatic amines is 1. The van der Waals surface area contributed by atoms with Crippen LogP contribution in [0.25, 0.3) is 22.3 Å². The molecule has 1 saturated carbocycles. The van der Waals surface area contributed by atoms with Gasteiger partial charge in [-0.1, -0.05) is 38.1 Å². The maximum Gasteiger partial charge on any atom is 0.411 e. The fourth-order valence-electron chi connectivity index (χ4n) is 5.96. The van der Waals surface area contributed by atoms with Gasteiger partial charge in [-0.3, -0.25) is 9.69 Å². The van der Waals surface area contributed by atoms with Crippen LogP contribution in [0.2, 0.25) is 0 Å². The largest absolute Gasteiger partial charge is 0.444 e. The summed E-state index contributed by atoms with van der Waals surface area (Å²) in [5.41, 5.74) is 1.84. The molecule has 43 heavy (non-hydrogen) atoms. The van der Waals surface area contributed by atoms with E-state index in [1.165, 1.54) is 6.07 Å². The Labute approximate surface area is 248 Å². The first-order valence-electron chi connectivity index (χ1n) is 14.6. The van der Waals surface area contributed by atoms with Gasteiger partial charge in [-0.05, 0) is 63.6 Å². The molecule has 2 N–H and O–H groups in total. The summed E-state index contributed by atoms with van der Waals surface area (Å²) in [5, 5.41) is 6.50. The molecule has 1 saturated heterocycles. The van der Waals surface area contributed by atoms with Crippen LogP contribution in [0, 0.1) is 11.7 Å². The van der Waals surface area contributed by atoms with Gasteiger partial charge in [-0.25, -0.2) is 19.2 Å². The molecule has 3 unspecified atom stereocenters. The van der Waals surface area contributed by atoms with E-state index in [9.17, 15) is 9.59 Å². The second kappa shape index (κ2) is 10.4. The fourth-order valence-corrected chi connectivity index (χ4v) is 5.96. The third kappa shape index (κ3) is 5.57. The summed E-state index contributed by atoms with van der Waals surface area (Å²) in [5.74, 6) is 0.124. The minimum atomic E-state index is -0.603. The van der Waals surface area contributed by atoms with Crippen molar-refractivity contribution in [2.24, 2.45) is 5.92 Å². The van der Waals surface area contributed by atoms with E-state index in [1.807, 2.05) is 46.4 Å². The number of fused-ring (bicyclic) bond motifs is 3. The molecule has 2 aliphatic rings. The maximum absolute atomic E-state index is 15.3. The number of imidazole rings is 1. The molecule has 4 heterocycles. The number of benzene rings is 1. The summed E-state index contributed by atoms with van der Waals surface area (Å²) in [6, 6.07) is 6.52. The number of hydrogen-bond donors (Lipinski definition) is 2. The normalized spacial score (nSPS) is 20.2. The van der Waals surface area contributed by atoms with Crippen LogP contribution in [0.1, 0.15) is 94.7 Å². The molecule has 6 rings (SSSR count). The van der Waals surface area contributed by atoms with Crippen molar-refractivity contribution >= 4 is 23.2 Å². The van der Waals surface area contributed by atoms with E-state index in [2.05, 4.69) is 25.4 Å². The third-order valence-electron chi connectivity index (χ3n) is 7.97. The Hall–Kier alpha value is -4.35. The predicted molar refractivity (Wildman–Crippen MR) is 155 cm³/mol. The average Bonchev–Trinajstić information content (AvgIpc) is 3.72. The highest BCUT2D eigenvalue weighted by Gasteiger charge is 2.51. The van der Waals surface area contributed by atoms with Crippen LogP contribution < -0.4 is 5.32 Å². The lowest BCUT2D eigenvalue weighted by atomic mass is 9.96. The third-order valence-corrected chi connectivity index (χ3v) is 7.97. The van der Waals surface area contributed by atoms with Crippen LogP contribution in [0.3, 0.4) is 0 Å². The number of hydrogen-bond acceptors (Lipinski definition) is 8. The summed E-state index contributed by atoms with van der Waals surface area (Å²) in [6.45, 7) is 11.3. The van der Waals surface area contributed by atoms with Gasteiger partial charge in [0, 0.05) is 35.3 Å². The molecule has 1 aromatic carbocycles. The molecule has 12 heteroatoms. The number of rotatable bonds is 5. The Kier molecular flexibility index (Phi) is 6.97. The topological polar surface area (TPSA) is 139 Å². The number of pyridine rings is 1. The zero-order valence-electron chi connectivity index (χ0n) is 25.2. The van der Waals surface area contributed by atoms with Crippen LogP contribution in [-0.2, 0) is 16.7 Å². The van der Waals surface area contributed by atoms with Gasteiger partial charge in [0.2, 0.25) is 0 Å². The number of carbonyl (C=O) groups is 2. The quantitative estimate of drug-likeness (QED) is 0.296. The molecule has 3 aromatic heterocycles. The standard InChI is InChI=1S/C31H36FN7O4/c1-30(2,3)28-37-27(43-38-28)26(40)34-15-18-8-7-16(14-21(18)32)20-11-12-33-24-22(20)35-25(36-24)23-17-9-10-19(13-17)39(23)29(41)42-31(4,5)6/h7-8,11-12,14,17,19,23H,9-10,13,15H2,1-6H3,(H,34,40)(H,33,35,36). The minimum absolute atomic E-state index is 0.0527. The number of piperidine rings is 1. The summed E-state index contributed by atoms with van der Waals surface area (Å²) < 4.78 is 26.1. The Morgan fingerprint density at radius 3 is 2.63 bits per heavy atom. The number of carbonyl (C=O) groups excluding carboxylic acids is 2. The van der Waals surface area contributed by atoms with Gasteiger partial charge >= 0.3 is 17.9 Å². The number of amides is 2. The molecule has 2 bridgehead atoms. The van der Waals surface area contributed by atoms with Gasteiger partial charge in [0.25, 0.3) is 0 Å². The van der Waals surface area contributed by atoms with Gasteiger partial charge in [-0.2, -0.15) is 4.98 Å². The minimum Gasteiger partial charge on any atom is -0.444 e. The van der Waals surface area contributed by atoms with Gasteiger partial charge in [0.15, 0.2) is 11.5 Å². The Balaban J connectivity index is 1.22. The van der Waals surface area contributed by atoms with Crippen molar-refractivity contribution in [3.8, 4) is 11.1 Å². The number of likely N-dealkylation sites (tertiary alicyclic amines) is 1. The van der Waals surface area contributed by atoms with Gasteiger partial charge in [0.1, 0.15) is 17.2 Å². The number of ether oxygens (including phenoxy) is 1. The molecule has 226 valence electrons. The first-order valence-corrected chi connectivity index (χ1v) is 14.6. The molecule has 1 aliphatic heterocycles. The lowest BCUT2D eigenvalue weighted by Crippen LogP contribution is -2.43. The molecule has 0 radical (unpaired) electrons. The van der Waals surface area contributed by atoms with E-state index in [0.717, 1.165) is 24.8 Å². The lowest BCUT2D eigenvalue weighted by Gasteiger charge is -2.35. The summed E-state index contributed by atoms with van der Waals surface area (Å²) >= 11 is 0. The molecule has 3 atom stereocenters. The first-order chi connectivity index (χ1) is 20.3. The first kappa shape index (κ1) is 28.8. The van der Waals surface area contributed by atoms with Gasteiger partial charge in [-0.15, -0.1) is 0 Å². The average molecular weight is 590 g/mol. The van der Waals surface area contributed by atoms with Crippen molar-refractivity contribution in [2.75, 3.05) is 0 Å². The fraction of sp³-hybridized carbons (Fsp3) is 0.484. The highest BCUT2D eigenvalue weighted by atomic mass is 19.1. The number of H-pyrrole nitrogens is 1. The molecular formula is C31H36FN7O4. The molecule has 1 aliphatic carbocycles. The molecule has 11 nitrogen and oxygen atoms in total. The lowest BCUT2D eigenvalue weighted by molar-refractivity contribution is 0.00621. The van der Waals surface area contributed by atoms with Crippen molar-refractivity contribution in [3.05, 3.63) is 59.4 Å². The predicted octanol–water partition coefficient (Wildman–Crippen LogP) is 5.84. The molecule has 4 aromatic rings. The Morgan fingerprint density at radius 2 is 1.93 bits per heavy atom. The summed E-state index contributed by atoms with van der Waals surface area (Å²) in [7, 11) is 0. The van der Waals surface area contributed by atoms with Crippen LogP contribution in [0.15, 0.2) is 35.0 Å². The van der Waals surface area contributed by atoms with E-state index in [0.29, 0.717) is 33.9 Å². The van der Waals surface area contributed by atoms with E-state index >= 15 is 4.39 Å². The van der Waals surface area contributed by atoms with Gasteiger partial charge in [0.05, 0.1) is 11.6 Å². The zero-order valence-corrected chi connectivity index (χ0v) is 25.2. The summed E-state index contributed by atoms with van der Waals surface area (Å²) in [4.78, 5) is 44.3. The highest BCUT2D eigenvalue weighted by molar-refractivity contribution is 5.90. The monoisotopic (exact) mass is 589 g/mol. The van der Waals surface area contributed by atoms with E-state index < -0.39 is 17.3 Å². The maximum atomic E-state index is 15.3. The highest BCUT2D eigenvalue weighted by Crippen LogP contribution is 2.50.